The zero-order chi connectivity index (χ0) is 13.7. The molecule has 0 aliphatic rings. The van der Waals surface area contributed by atoms with E-state index in [9.17, 15) is 8.42 Å². The topological polar surface area (TPSA) is 46.2 Å². The molecule has 3 nitrogen and oxygen atoms in total. The maximum atomic E-state index is 11.7. The fourth-order valence-electron chi connectivity index (χ4n) is 1.81. The van der Waals surface area contributed by atoms with Crippen molar-refractivity contribution in [3.05, 3.63) is 0 Å². The molecule has 1 atom stereocenters. The first-order chi connectivity index (χ1) is 7.61. The lowest BCUT2D eigenvalue weighted by Gasteiger charge is -2.31. The molecule has 0 aromatic rings. The van der Waals surface area contributed by atoms with E-state index in [0.29, 0.717) is 11.8 Å². The van der Waals surface area contributed by atoms with Gasteiger partial charge in [0.1, 0.15) is 0 Å². The highest BCUT2D eigenvalue weighted by Gasteiger charge is 2.24. The van der Waals surface area contributed by atoms with E-state index in [1.54, 1.807) is 13.8 Å². The maximum Gasteiger partial charge on any atom is 0.152 e. The summed E-state index contributed by atoms with van der Waals surface area (Å²) in [5.74, 6) is 0.308. The van der Waals surface area contributed by atoms with Gasteiger partial charge in [-0.25, -0.2) is 8.42 Å². The van der Waals surface area contributed by atoms with Crippen molar-refractivity contribution < 1.29 is 8.42 Å². The second kappa shape index (κ2) is 6.74. The van der Waals surface area contributed by atoms with Crippen LogP contribution < -0.4 is 5.32 Å². The number of nitrogens with one attached hydrogen (secondary N) is 1. The van der Waals surface area contributed by atoms with Crippen molar-refractivity contribution in [3.63, 3.8) is 0 Å². The summed E-state index contributed by atoms with van der Waals surface area (Å²) in [6, 6.07) is 0.384. The van der Waals surface area contributed by atoms with Crippen LogP contribution in [0.15, 0.2) is 0 Å². The van der Waals surface area contributed by atoms with Crippen LogP contribution in [0, 0.1) is 5.41 Å². The van der Waals surface area contributed by atoms with E-state index in [-0.39, 0.29) is 10.7 Å². The Hall–Kier alpha value is -0.0900. The Bertz CT molecular complexity index is 302. The van der Waals surface area contributed by atoms with Crippen molar-refractivity contribution in [3.8, 4) is 0 Å². The van der Waals surface area contributed by atoms with E-state index >= 15 is 0 Å². The molecule has 0 aromatic heterocycles. The van der Waals surface area contributed by atoms with Crippen LogP contribution in [-0.4, -0.2) is 32.0 Å². The monoisotopic (exact) mass is 263 g/mol. The Morgan fingerprint density at radius 1 is 1.18 bits per heavy atom. The van der Waals surface area contributed by atoms with Crippen LogP contribution in [0.5, 0.6) is 0 Å². The fourth-order valence-corrected chi connectivity index (χ4v) is 2.85. The maximum absolute atomic E-state index is 11.7. The van der Waals surface area contributed by atoms with Crippen molar-refractivity contribution in [2.75, 3.05) is 12.3 Å². The van der Waals surface area contributed by atoms with E-state index in [0.717, 1.165) is 19.4 Å². The summed E-state index contributed by atoms with van der Waals surface area (Å²) in [6.45, 7) is 13.1. The van der Waals surface area contributed by atoms with Crippen molar-refractivity contribution in [1.82, 2.24) is 5.32 Å². The minimum atomic E-state index is -2.88. The highest BCUT2D eigenvalue weighted by Crippen LogP contribution is 2.23. The highest BCUT2D eigenvalue weighted by atomic mass is 32.2. The third-order valence-electron chi connectivity index (χ3n) is 3.14. The van der Waals surface area contributed by atoms with Gasteiger partial charge in [-0.15, -0.1) is 0 Å². The molecule has 0 radical (unpaired) electrons. The van der Waals surface area contributed by atoms with E-state index in [4.69, 9.17) is 0 Å². The van der Waals surface area contributed by atoms with Gasteiger partial charge in [-0.1, -0.05) is 27.7 Å². The molecule has 0 heterocycles. The van der Waals surface area contributed by atoms with Crippen molar-refractivity contribution in [2.45, 2.75) is 65.7 Å². The third kappa shape index (κ3) is 6.41. The predicted molar refractivity (Wildman–Crippen MR) is 75.1 cm³/mol. The van der Waals surface area contributed by atoms with Gasteiger partial charge in [0.25, 0.3) is 0 Å². The average molecular weight is 263 g/mol. The van der Waals surface area contributed by atoms with E-state index < -0.39 is 9.84 Å². The molecule has 1 unspecified atom stereocenters. The lowest BCUT2D eigenvalue weighted by molar-refractivity contribution is 0.257. The Morgan fingerprint density at radius 2 is 1.71 bits per heavy atom. The Labute approximate surface area is 107 Å². The molecule has 0 saturated heterocycles. The Balaban J connectivity index is 4.26. The smallest absolute Gasteiger partial charge is 0.152 e. The van der Waals surface area contributed by atoms with Crippen molar-refractivity contribution in [2.24, 2.45) is 5.41 Å². The van der Waals surface area contributed by atoms with Crippen molar-refractivity contribution >= 4 is 9.84 Å². The molecule has 0 rings (SSSR count). The summed E-state index contributed by atoms with van der Waals surface area (Å²) in [7, 11) is -2.88. The van der Waals surface area contributed by atoms with Crippen LogP contribution in [0.1, 0.15) is 54.4 Å². The zero-order valence-electron chi connectivity index (χ0n) is 12.2. The molecule has 0 aromatic carbocycles. The zero-order valence-corrected chi connectivity index (χ0v) is 13.0. The summed E-state index contributed by atoms with van der Waals surface area (Å²) in [5.41, 5.74) is 0.178. The molecular formula is C13H29NO2S. The summed E-state index contributed by atoms with van der Waals surface area (Å²) in [4.78, 5) is 0. The number of hydrogen-bond acceptors (Lipinski definition) is 3. The standard InChI is InChI=1S/C13H29NO2S/c1-7-14-12(13(4,5)6)9-8-10-17(15,16)11(2)3/h11-12,14H,7-10H2,1-6H3. The lowest BCUT2D eigenvalue weighted by Crippen LogP contribution is -2.40. The second-order valence-corrected chi connectivity index (χ2v) is 8.71. The number of sulfone groups is 1. The predicted octanol–water partition coefficient (Wildman–Crippen LogP) is 2.61. The Morgan fingerprint density at radius 3 is 2.06 bits per heavy atom. The van der Waals surface area contributed by atoms with Gasteiger partial charge in [0, 0.05) is 6.04 Å². The van der Waals surface area contributed by atoms with E-state index in [2.05, 4.69) is 33.0 Å². The molecule has 1 N–H and O–H groups in total. The Kier molecular flexibility index (Phi) is 6.70. The molecule has 0 aliphatic carbocycles. The molecule has 0 spiro atoms. The highest BCUT2D eigenvalue weighted by molar-refractivity contribution is 7.91. The molecule has 0 saturated carbocycles. The SMILES string of the molecule is CCNC(CCCS(=O)(=O)C(C)C)C(C)(C)C. The minimum absolute atomic E-state index is 0.178. The van der Waals surface area contributed by atoms with Gasteiger partial charge < -0.3 is 5.32 Å². The van der Waals surface area contributed by atoms with Crippen LogP contribution in [0.3, 0.4) is 0 Å². The van der Waals surface area contributed by atoms with Gasteiger partial charge >= 0.3 is 0 Å². The first kappa shape index (κ1) is 16.9. The largest absolute Gasteiger partial charge is 0.314 e. The van der Waals surface area contributed by atoms with Crippen LogP contribution in [-0.2, 0) is 9.84 Å². The van der Waals surface area contributed by atoms with Gasteiger partial charge in [-0.3, -0.25) is 0 Å². The summed E-state index contributed by atoms with van der Waals surface area (Å²) in [6.07, 6.45) is 1.67. The summed E-state index contributed by atoms with van der Waals surface area (Å²) in [5, 5.41) is 3.19. The molecule has 4 heteroatoms. The molecular weight excluding hydrogens is 234 g/mol. The van der Waals surface area contributed by atoms with Crippen molar-refractivity contribution in [1.29, 1.82) is 0 Å². The lowest BCUT2D eigenvalue weighted by atomic mass is 9.84. The summed E-state index contributed by atoms with van der Waals surface area (Å²) < 4.78 is 23.4. The van der Waals surface area contributed by atoms with Crippen LogP contribution >= 0.6 is 0 Å². The summed E-state index contributed by atoms with van der Waals surface area (Å²) >= 11 is 0. The number of hydrogen-bond donors (Lipinski definition) is 1. The molecule has 104 valence electrons. The van der Waals surface area contributed by atoms with Gasteiger partial charge in [-0.05, 0) is 38.6 Å². The number of rotatable bonds is 7. The normalized spacial score (nSPS) is 15.2. The quantitative estimate of drug-likeness (QED) is 0.768. The molecule has 0 amide bonds. The molecule has 17 heavy (non-hydrogen) atoms. The second-order valence-electron chi connectivity index (χ2n) is 6.03. The van der Waals surface area contributed by atoms with Gasteiger partial charge in [0.05, 0.1) is 11.0 Å². The van der Waals surface area contributed by atoms with E-state index in [1.165, 1.54) is 0 Å². The van der Waals surface area contributed by atoms with Crippen LogP contribution in [0.25, 0.3) is 0 Å². The van der Waals surface area contributed by atoms with Crippen LogP contribution in [0.2, 0.25) is 0 Å². The van der Waals surface area contributed by atoms with Gasteiger partial charge in [-0.2, -0.15) is 0 Å². The van der Waals surface area contributed by atoms with Gasteiger partial charge in [0.2, 0.25) is 0 Å². The molecule has 0 fully saturated rings. The first-order valence-electron chi connectivity index (χ1n) is 6.56. The fraction of sp³-hybridized carbons (Fsp3) is 1.00. The first-order valence-corrected chi connectivity index (χ1v) is 8.27. The molecule has 0 bridgehead atoms. The third-order valence-corrected chi connectivity index (χ3v) is 5.43. The van der Waals surface area contributed by atoms with Gasteiger partial charge in [0.15, 0.2) is 9.84 Å². The molecule has 0 aliphatic heterocycles. The van der Waals surface area contributed by atoms with Crippen LogP contribution in [0.4, 0.5) is 0 Å². The average Bonchev–Trinajstić information content (AvgIpc) is 2.14. The minimum Gasteiger partial charge on any atom is -0.314 e. The van der Waals surface area contributed by atoms with E-state index in [1.807, 2.05) is 0 Å².